The number of carbonyl (C=O) groups excluding carboxylic acids is 1. The molecule has 0 unspecified atom stereocenters. The summed E-state index contributed by atoms with van der Waals surface area (Å²) in [5.74, 6) is -0.000370. The van der Waals surface area contributed by atoms with E-state index in [0.29, 0.717) is 6.54 Å². The first-order valence-corrected chi connectivity index (χ1v) is 6.43. The predicted molar refractivity (Wildman–Crippen MR) is 71.4 cm³/mol. The molecular formula is C14H15NOS. The number of amides is 1. The first-order chi connectivity index (χ1) is 8.18. The average molecular weight is 245 g/mol. The van der Waals surface area contributed by atoms with Gasteiger partial charge in [-0.05, 0) is 42.5 Å². The van der Waals surface area contributed by atoms with Gasteiger partial charge in [0.1, 0.15) is 0 Å². The molecule has 0 saturated carbocycles. The lowest BCUT2D eigenvalue weighted by atomic mass is 10.0. The lowest BCUT2D eigenvalue weighted by Gasteiger charge is -2.08. The van der Waals surface area contributed by atoms with Crippen LogP contribution in [0.2, 0.25) is 0 Å². The number of hydrogen-bond donors (Lipinski definition) is 1. The van der Waals surface area contributed by atoms with Gasteiger partial charge >= 0.3 is 0 Å². The Hall–Kier alpha value is -1.61. The van der Waals surface area contributed by atoms with Gasteiger partial charge in [0.05, 0.1) is 6.54 Å². The fourth-order valence-corrected chi connectivity index (χ4v) is 2.32. The van der Waals surface area contributed by atoms with Gasteiger partial charge in [-0.2, -0.15) is 0 Å². The molecule has 1 N–H and O–H groups in total. The van der Waals surface area contributed by atoms with E-state index in [1.807, 2.05) is 49.6 Å². The first kappa shape index (κ1) is 11.9. The minimum absolute atomic E-state index is 0.000370. The Morgan fingerprint density at radius 3 is 2.76 bits per heavy atom. The number of carbonyl (C=O) groups is 1. The van der Waals surface area contributed by atoms with E-state index >= 15 is 0 Å². The quantitative estimate of drug-likeness (QED) is 0.883. The molecule has 2 aromatic rings. The summed E-state index contributed by atoms with van der Waals surface area (Å²) in [5.41, 5.74) is 2.96. The zero-order valence-corrected chi connectivity index (χ0v) is 10.8. The fourth-order valence-electron chi connectivity index (χ4n) is 1.67. The highest BCUT2D eigenvalue weighted by Gasteiger charge is 2.09. The molecule has 0 radical (unpaired) electrons. The van der Waals surface area contributed by atoms with Crippen LogP contribution >= 0.6 is 11.3 Å². The van der Waals surface area contributed by atoms with Crippen molar-refractivity contribution in [2.45, 2.75) is 20.4 Å². The van der Waals surface area contributed by atoms with Crippen LogP contribution < -0.4 is 5.32 Å². The van der Waals surface area contributed by atoms with Gasteiger partial charge in [0.2, 0.25) is 0 Å². The molecule has 2 nitrogen and oxygen atoms in total. The Morgan fingerprint density at radius 1 is 1.24 bits per heavy atom. The van der Waals surface area contributed by atoms with Crippen LogP contribution in [0, 0.1) is 13.8 Å². The second kappa shape index (κ2) is 5.15. The number of thiophene rings is 1. The average Bonchev–Trinajstić information content (AvgIpc) is 2.82. The van der Waals surface area contributed by atoms with Gasteiger partial charge in [-0.1, -0.05) is 18.2 Å². The van der Waals surface area contributed by atoms with E-state index in [1.54, 1.807) is 11.3 Å². The Labute approximate surface area is 105 Å². The van der Waals surface area contributed by atoms with Gasteiger partial charge in [0.25, 0.3) is 5.91 Å². The van der Waals surface area contributed by atoms with Crippen LogP contribution in [-0.4, -0.2) is 5.91 Å². The Balaban J connectivity index is 2.07. The van der Waals surface area contributed by atoms with Gasteiger partial charge in [0.15, 0.2) is 0 Å². The maximum Gasteiger partial charge on any atom is 0.251 e. The molecule has 0 aliphatic carbocycles. The van der Waals surface area contributed by atoms with Crippen LogP contribution in [0.25, 0.3) is 0 Å². The van der Waals surface area contributed by atoms with Crippen molar-refractivity contribution in [3.63, 3.8) is 0 Å². The van der Waals surface area contributed by atoms with Gasteiger partial charge in [0, 0.05) is 10.4 Å². The standard InChI is InChI=1S/C14H15NOS/c1-10-5-3-7-13(11(10)2)14(16)15-9-12-6-4-8-17-12/h3-8H,9H2,1-2H3,(H,15,16). The van der Waals surface area contributed by atoms with E-state index < -0.39 is 0 Å². The summed E-state index contributed by atoms with van der Waals surface area (Å²) in [6.07, 6.45) is 0. The summed E-state index contributed by atoms with van der Waals surface area (Å²) in [7, 11) is 0. The highest BCUT2D eigenvalue weighted by atomic mass is 32.1. The summed E-state index contributed by atoms with van der Waals surface area (Å²) < 4.78 is 0. The summed E-state index contributed by atoms with van der Waals surface area (Å²) >= 11 is 1.65. The molecule has 0 aliphatic rings. The lowest BCUT2D eigenvalue weighted by Crippen LogP contribution is -2.23. The van der Waals surface area contributed by atoms with Crippen LogP contribution in [0.5, 0.6) is 0 Å². The SMILES string of the molecule is Cc1cccc(C(=O)NCc2cccs2)c1C. The van der Waals surface area contributed by atoms with Crippen LogP contribution in [-0.2, 0) is 6.54 Å². The van der Waals surface area contributed by atoms with Crippen molar-refractivity contribution < 1.29 is 4.79 Å². The zero-order valence-electron chi connectivity index (χ0n) is 9.99. The number of nitrogens with one attached hydrogen (secondary N) is 1. The third kappa shape index (κ3) is 2.74. The maximum atomic E-state index is 12.0. The van der Waals surface area contributed by atoms with E-state index in [9.17, 15) is 4.79 Å². The molecule has 0 aliphatic heterocycles. The molecule has 0 bridgehead atoms. The molecule has 1 amide bonds. The molecule has 1 aromatic carbocycles. The van der Waals surface area contributed by atoms with Crippen molar-refractivity contribution in [1.29, 1.82) is 0 Å². The second-order valence-corrected chi connectivity index (χ2v) is 5.04. The maximum absolute atomic E-state index is 12.0. The van der Waals surface area contributed by atoms with Gasteiger partial charge in [-0.25, -0.2) is 0 Å². The van der Waals surface area contributed by atoms with E-state index in [2.05, 4.69) is 5.32 Å². The van der Waals surface area contributed by atoms with Crippen molar-refractivity contribution in [3.8, 4) is 0 Å². The third-order valence-corrected chi connectivity index (χ3v) is 3.73. The molecule has 0 fully saturated rings. The highest BCUT2D eigenvalue weighted by Crippen LogP contribution is 2.13. The fraction of sp³-hybridized carbons (Fsp3) is 0.214. The molecule has 0 atom stereocenters. The Morgan fingerprint density at radius 2 is 2.06 bits per heavy atom. The minimum atomic E-state index is -0.000370. The Kier molecular flexibility index (Phi) is 3.59. The third-order valence-electron chi connectivity index (χ3n) is 2.85. The summed E-state index contributed by atoms with van der Waals surface area (Å²) in [6, 6.07) is 9.82. The molecule has 3 heteroatoms. The second-order valence-electron chi connectivity index (χ2n) is 4.01. The predicted octanol–water partition coefficient (Wildman–Crippen LogP) is 3.29. The van der Waals surface area contributed by atoms with E-state index in [0.717, 1.165) is 16.7 Å². The van der Waals surface area contributed by atoms with Crippen molar-refractivity contribution in [1.82, 2.24) is 5.32 Å². The molecule has 0 spiro atoms. The number of rotatable bonds is 3. The normalized spacial score (nSPS) is 10.2. The molecule has 88 valence electrons. The van der Waals surface area contributed by atoms with Crippen LogP contribution in [0.15, 0.2) is 35.7 Å². The molecule has 1 heterocycles. The van der Waals surface area contributed by atoms with Crippen LogP contribution in [0.3, 0.4) is 0 Å². The molecule has 0 saturated heterocycles. The van der Waals surface area contributed by atoms with Crippen molar-refractivity contribution >= 4 is 17.2 Å². The number of aryl methyl sites for hydroxylation is 1. The zero-order chi connectivity index (χ0) is 12.3. The van der Waals surface area contributed by atoms with Crippen molar-refractivity contribution in [3.05, 3.63) is 57.3 Å². The van der Waals surface area contributed by atoms with Gasteiger partial charge < -0.3 is 5.32 Å². The molecule has 17 heavy (non-hydrogen) atoms. The summed E-state index contributed by atoms with van der Waals surface area (Å²) in [6.45, 7) is 4.60. The Bertz CT molecular complexity index is 517. The first-order valence-electron chi connectivity index (χ1n) is 5.55. The lowest BCUT2D eigenvalue weighted by molar-refractivity contribution is 0.0950. The van der Waals surface area contributed by atoms with Crippen LogP contribution in [0.1, 0.15) is 26.4 Å². The largest absolute Gasteiger partial charge is 0.347 e. The van der Waals surface area contributed by atoms with Crippen molar-refractivity contribution in [2.24, 2.45) is 0 Å². The number of hydrogen-bond acceptors (Lipinski definition) is 2. The van der Waals surface area contributed by atoms with Gasteiger partial charge in [-0.15, -0.1) is 11.3 Å². The summed E-state index contributed by atoms with van der Waals surface area (Å²) in [4.78, 5) is 13.2. The van der Waals surface area contributed by atoms with E-state index in [-0.39, 0.29) is 5.91 Å². The van der Waals surface area contributed by atoms with Gasteiger partial charge in [-0.3, -0.25) is 4.79 Å². The summed E-state index contributed by atoms with van der Waals surface area (Å²) in [5, 5.41) is 4.95. The van der Waals surface area contributed by atoms with Crippen molar-refractivity contribution in [2.75, 3.05) is 0 Å². The minimum Gasteiger partial charge on any atom is -0.347 e. The monoisotopic (exact) mass is 245 g/mol. The molecular weight excluding hydrogens is 230 g/mol. The van der Waals surface area contributed by atoms with Crippen LogP contribution in [0.4, 0.5) is 0 Å². The molecule has 2 rings (SSSR count). The van der Waals surface area contributed by atoms with E-state index in [1.165, 1.54) is 4.88 Å². The highest BCUT2D eigenvalue weighted by molar-refractivity contribution is 7.09. The smallest absolute Gasteiger partial charge is 0.251 e. The molecule has 1 aromatic heterocycles. The van der Waals surface area contributed by atoms with E-state index in [4.69, 9.17) is 0 Å². The topological polar surface area (TPSA) is 29.1 Å². The number of benzene rings is 1.